The predicted octanol–water partition coefficient (Wildman–Crippen LogP) is 0.355. The maximum absolute atomic E-state index is 11.0. The summed E-state index contributed by atoms with van der Waals surface area (Å²) in [6.07, 6.45) is 3.42. The van der Waals surface area contributed by atoms with Crippen LogP contribution < -0.4 is 0 Å². The summed E-state index contributed by atoms with van der Waals surface area (Å²) in [4.78, 5) is 15.1. The molecule has 0 spiro atoms. The van der Waals surface area contributed by atoms with Gasteiger partial charge in [-0.05, 0) is 24.3 Å². The van der Waals surface area contributed by atoms with Gasteiger partial charge in [0.05, 0.1) is 18.3 Å². The van der Waals surface area contributed by atoms with Gasteiger partial charge < -0.3 is 9.67 Å². The Balaban J connectivity index is 2.36. The highest BCUT2D eigenvalue weighted by Gasteiger charge is 2.25. The minimum absolute atomic E-state index is 0.352. The van der Waals surface area contributed by atoms with Crippen LogP contribution in [-0.2, 0) is 11.8 Å². The summed E-state index contributed by atoms with van der Waals surface area (Å²) in [5.74, 6) is -1.00. The van der Waals surface area contributed by atoms with Crippen LogP contribution in [0.5, 0.6) is 0 Å². The molecule has 0 aromatic carbocycles. The first-order chi connectivity index (χ1) is 8.50. The molecule has 0 aliphatic heterocycles. The van der Waals surface area contributed by atoms with E-state index in [1.54, 1.807) is 30.9 Å². The standard InChI is InChI=1S/C10H14N6O2/c1-6(10(17)18)7(2)16-9(12-13-14-16)8-4-15(3)5-11-8/h4-7H,1-3H3,(H,17,18). The Hall–Kier alpha value is -2.25. The van der Waals surface area contributed by atoms with Gasteiger partial charge in [-0.1, -0.05) is 0 Å². The molecule has 18 heavy (non-hydrogen) atoms. The summed E-state index contributed by atoms with van der Waals surface area (Å²) in [6.45, 7) is 3.39. The zero-order valence-corrected chi connectivity index (χ0v) is 10.3. The van der Waals surface area contributed by atoms with Crippen LogP contribution in [0.1, 0.15) is 19.9 Å². The van der Waals surface area contributed by atoms with Gasteiger partial charge in [-0.2, -0.15) is 0 Å². The van der Waals surface area contributed by atoms with E-state index in [0.29, 0.717) is 11.5 Å². The highest BCUT2D eigenvalue weighted by molar-refractivity contribution is 5.70. The van der Waals surface area contributed by atoms with Crippen LogP contribution >= 0.6 is 0 Å². The van der Waals surface area contributed by atoms with E-state index in [0.717, 1.165) is 0 Å². The van der Waals surface area contributed by atoms with Gasteiger partial charge in [0.25, 0.3) is 0 Å². The van der Waals surface area contributed by atoms with Crippen LogP contribution in [-0.4, -0.2) is 40.8 Å². The Labute approximate surface area is 103 Å². The van der Waals surface area contributed by atoms with Gasteiger partial charge in [0.15, 0.2) is 0 Å². The third kappa shape index (κ3) is 2.08. The van der Waals surface area contributed by atoms with Gasteiger partial charge in [-0.25, -0.2) is 9.67 Å². The lowest BCUT2D eigenvalue weighted by Crippen LogP contribution is -2.23. The highest BCUT2D eigenvalue weighted by Crippen LogP contribution is 2.22. The number of rotatable bonds is 4. The maximum Gasteiger partial charge on any atom is 0.308 e. The summed E-state index contributed by atoms with van der Waals surface area (Å²) < 4.78 is 3.26. The first kappa shape index (κ1) is 12.2. The van der Waals surface area contributed by atoms with Crippen molar-refractivity contribution < 1.29 is 9.90 Å². The van der Waals surface area contributed by atoms with Crippen molar-refractivity contribution in [1.82, 2.24) is 29.8 Å². The summed E-state index contributed by atoms with van der Waals surface area (Å²) >= 11 is 0. The van der Waals surface area contributed by atoms with Crippen LogP contribution in [0.15, 0.2) is 12.5 Å². The fourth-order valence-electron chi connectivity index (χ4n) is 1.58. The Morgan fingerprint density at radius 1 is 1.44 bits per heavy atom. The summed E-state index contributed by atoms with van der Waals surface area (Å²) in [5.41, 5.74) is 0.618. The minimum atomic E-state index is -0.884. The zero-order chi connectivity index (χ0) is 13.3. The van der Waals surface area contributed by atoms with E-state index in [9.17, 15) is 4.79 Å². The minimum Gasteiger partial charge on any atom is -0.481 e. The molecule has 2 aromatic heterocycles. The molecule has 2 aromatic rings. The van der Waals surface area contributed by atoms with E-state index in [-0.39, 0.29) is 6.04 Å². The van der Waals surface area contributed by atoms with Crippen LogP contribution in [0.2, 0.25) is 0 Å². The van der Waals surface area contributed by atoms with Gasteiger partial charge in [0.2, 0.25) is 5.82 Å². The van der Waals surface area contributed by atoms with Crippen LogP contribution in [0.25, 0.3) is 11.5 Å². The van der Waals surface area contributed by atoms with Crippen LogP contribution in [0.4, 0.5) is 0 Å². The Morgan fingerprint density at radius 3 is 2.72 bits per heavy atom. The number of hydrogen-bond acceptors (Lipinski definition) is 5. The number of carboxylic acid groups (broad SMARTS) is 1. The molecule has 96 valence electrons. The first-order valence-corrected chi connectivity index (χ1v) is 5.49. The van der Waals surface area contributed by atoms with E-state index in [1.807, 2.05) is 7.05 Å². The monoisotopic (exact) mass is 250 g/mol. The summed E-state index contributed by atoms with van der Waals surface area (Å²) in [6, 6.07) is -0.352. The lowest BCUT2D eigenvalue weighted by molar-refractivity contribution is -0.142. The second-order valence-corrected chi connectivity index (χ2v) is 4.24. The van der Waals surface area contributed by atoms with Crippen molar-refractivity contribution in [1.29, 1.82) is 0 Å². The number of carboxylic acids is 1. The second kappa shape index (κ2) is 4.55. The molecule has 2 atom stereocenters. The Kier molecular flexibility index (Phi) is 3.09. The molecule has 0 saturated carbocycles. The number of hydrogen-bond donors (Lipinski definition) is 1. The highest BCUT2D eigenvalue weighted by atomic mass is 16.4. The molecule has 0 fully saturated rings. The lowest BCUT2D eigenvalue weighted by Gasteiger charge is -2.16. The molecule has 0 amide bonds. The molecule has 2 heterocycles. The molecular weight excluding hydrogens is 236 g/mol. The number of nitrogens with zero attached hydrogens (tertiary/aromatic N) is 6. The van der Waals surface area contributed by atoms with Gasteiger partial charge in [0, 0.05) is 13.2 Å². The van der Waals surface area contributed by atoms with Crippen molar-refractivity contribution in [3.63, 3.8) is 0 Å². The third-order valence-corrected chi connectivity index (χ3v) is 2.93. The number of aromatic nitrogens is 6. The van der Waals surface area contributed by atoms with Gasteiger partial charge >= 0.3 is 5.97 Å². The smallest absolute Gasteiger partial charge is 0.308 e. The molecule has 8 nitrogen and oxygen atoms in total. The third-order valence-electron chi connectivity index (χ3n) is 2.93. The molecule has 0 saturated heterocycles. The second-order valence-electron chi connectivity index (χ2n) is 4.24. The first-order valence-electron chi connectivity index (χ1n) is 5.49. The lowest BCUT2D eigenvalue weighted by atomic mass is 10.0. The van der Waals surface area contributed by atoms with Crippen molar-refractivity contribution in [2.75, 3.05) is 0 Å². The van der Waals surface area contributed by atoms with Crippen molar-refractivity contribution in [2.24, 2.45) is 13.0 Å². The maximum atomic E-state index is 11.0. The number of tetrazole rings is 1. The molecule has 1 N–H and O–H groups in total. The van der Waals surface area contributed by atoms with Crippen molar-refractivity contribution in [2.45, 2.75) is 19.9 Å². The zero-order valence-electron chi connectivity index (χ0n) is 10.3. The molecule has 8 heteroatoms. The number of aliphatic carboxylic acids is 1. The Morgan fingerprint density at radius 2 is 2.17 bits per heavy atom. The fraction of sp³-hybridized carbons (Fsp3) is 0.500. The van der Waals surface area contributed by atoms with Crippen molar-refractivity contribution >= 4 is 5.97 Å². The molecule has 2 unspecified atom stereocenters. The normalized spacial score (nSPS) is 14.4. The van der Waals surface area contributed by atoms with Crippen LogP contribution in [0, 0.1) is 5.92 Å². The van der Waals surface area contributed by atoms with Gasteiger partial charge in [0.1, 0.15) is 5.69 Å². The number of imidazole rings is 1. The molecule has 0 aliphatic rings. The van der Waals surface area contributed by atoms with Gasteiger partial charge in [-0.15, -0.1) is 5.10 Å². The van der Waals surface area contributed by atoms with Gasteiger partial charge in [-0.3, -0.25) is 4.79 Å². The molecule has 0 bridgehead atoms. The van der Waals surface area contributed by atoms with E-state index in [2.05, 4.69) is 20.5 Å². The van der Waals surface area contributed by atoms with E-state index >= 15 is 0 Å². The average Bonchev–Trinajstić information content (AvgIpc) is 2.94. The van der Waals surface area contributed by atoms with E-state index in [4.69, 9.17) is 5.11 Å². The largest absolute Gasteiger partial charge is 0.481 e. The van der Waals surface area contributed by atoms with Crippen LogP contribution in [0.3, 0.4) is 0 Å². The van der Waals surface area contributed by atoms with E-state index in [1.165, 1.54) is 4.68 Å². The molecule has 2 rings (SSSR count). The topological polar surface area (TPSA) is 98.7 Å². The van der Waals surface area contributed by atoms with Crippen molar-refractivity contribution in [3.8, 4) is 11.5 Å². The SMILES string of the molecule is CC(C(=O)O)C(C)n1nnnc1-c1cn(C)cn1. The quantitative estimate of drug-likeness (QED) is 0.840. The number of carbonyl (C=O) groups is 1. The summed E-state index contributed by atoms with van der Waals surface area (Å²) in [5, 5.41) is 20.4. The average molecular weight is 250 g/mol. The van der Waals surface area contributed by atoms with Crippen molar-refractivity contribution in [3.05, 3.63) is 12.5 Å². The Bertz CT molecular complexity index is 560. The number of aryl methyl sites for hydroxylation is 1. The van der Waals surface area contributed by atoms with E-state index < -0.39 is 11.9 Å². The molecule has 0 aliphatic carbocycles. The summed E-state index contributed by atoms with van der Waals surface area (Å²) in [7, 11) is 1.84. The fourth-order valence-corrected chi connectivity index (χ4v) is 1.58. The molecule has 0 radical (unpaired) electrons. The molecular formula is C10H14N6O2. The predicted molar refractivity (Wildman–Crippen MR) is 61.5 cm³/mol.